The van der Waals surface area contributed by atoms with Gasteiger partial charge in [-0.05, 0) is 36.8 Å². The van der Waals surface area contributed by atoms with Crippen LogP contribution in [-0.2, 0) is 11.3 Å². The molecule has 0 atom stereocenters. The number of aromatic nitrogens is 4. The first-order chi connectivity index (χ1) is 18.0. The molecule has 2 N–H and O–H groups in total. The first-order valence-electron chi connectivity index (χ1n) is 11.6. The van der Waals surface area contributed by atoms with Crippen LogP contribution >= 0.6 is 0 Å². The van der Waals surface area contributed by atoms with Crippen LogP contribution in [0, 0.1) is 0 Å². The highest BCUT2D eigenvalue weighted by Crippen LogP contribution is 2.33. The fourth-order valence-corrected chi connectivity index (χ4v) is 4.04. The molecule has 37 heavy (non-hydrogen) atoms. The Bertz CT molecular complexity index is 1600. The molecule has 0 aliphatic rings. The van der Waals surface area contributed by atoms with E-state index in [1.54, 1.807) is 36.0 Å². The average molecular weight is 494 g/mol. The van der Waals surface area contributed by atoms with Crippen LogP contribution in [0.15, 0.2) is 85.6 Å². The maximum atomic E-state index is 12.3. The SMILES string of the molecule is CCOC(=O)c1cncc(-c2ccn3nc(-c4cncc(C(=O)O)c4)cc(NCc4ccccc4)c23)c1. The van der Waals surface area contributed by atoms with Gasteiger partial charge in [-0.15, -0.1) is 0 Å². The van der Waals surface area contributed by atoms with Crippen molar-refractivity contribution in [2.45, 2.75) is 13.5 Å². The number of nitrogens with one attached hydrogen (secondary N) is 1. The molecule has 0 amide bonds. The highest BCUT2D eigenvalue weighted by atomic mass is 16.5. The molecule has 0 saturated carbocycles. The summed E-state index contributed by atoms with van der Waals surface area (Å²) < 4.78 is 6.86. The quantitative estimate of drug-likeness (QED) is 0.292. The standard InChI is InChI=1S/C28H23N5O4/c1-2-37-28(36)22-10-19(14-29-17-22)23-8-9-33-26(23)25(31-13-18-6-4-3-5-7-18)12-24(32-33)20-11-21(27(34)35)16-30-15-20/h3-12,14-17,31H,2,13H2,1H3,(H,34,35). The molecule has 4 aromatic heterocycles. The maximum absolute atomic E-state index is 12.3. The van der Waals surface area contributed by atoms with Crippen molar-refractivity contribution in [3.63, 3.8) is 0 Å². The van der Waals surface area contributed by atoms with Crippen molar-refractivity contribution in [3.05, 3.63) is 102 Å². The van der Waals surface area contributed by atoms with E-state index in [-0.39, 0.29) is 12.2 Å². The predicted octanol–water partition coefficient (Wildman–Crippen LogP) is 4.95. The Balaban J connectivity index is 1.63. The molecule has 9 nitrogen and oxygen atoms in total. The molecule has 0 fully saturated rings. The number of carbonyl (C=O) groups excluding carboxylic acids is 1. The second-order valence-electron chi connectivity index (χ2n) is 8.26. The molecule has 0 bridgehead atoms. The molecule has 184 valence electrons. The van der Waals surface area contributed by atoms with E-state index in [4.69, 9.17) is 9.84 Å². The number of rotatable bonds is 8. The Kier molecular flexibility index (Phi) is 6.58. The summed E-state index contributed by atoms with van der Waals surface area (Å²) in [5.74, 6) is -1.50. The number of ether oxygens (including phenoxy) is 1. The van der Waals surface area contributed by atoms with Crippen molar-refractivity contribution >= 4 is 23.1 Å². The van der Waals surface area contributed by atoms with Crippen LogP contribution in [0.1, 0.15) is 33.2 Å². The Hall–Kier alpha value is -5.05. The molecule has 4 heterocycles. The molecule has 0 spiro atoms. The Labute approximate surface area is 212 Å². The number of hydrogen-bond acceptors (Lipinski definition) is 7. The van der Waals surface area contributed by atoms with Gasteiger partial charge in [-0.3, -0.25) is 9.97 Å². The molecule has 1 aromatic carbocycles. The zero-order valence-corrected chi connectivity index (χ0v) is 20.0. The lowest BCUT2D eigenvalue weighted by atomic mass is 10.1. The van der Waals surface area contributed by atoms with E-state index in [1.807, 2.05) is 48.7 Å². The molecule has 9 heteroatoms. The van der Waals surface area contributed by atoms with Crippen LogP contribution in [0.2, 0.25) is 0 Å². The number of aromatic carboxylic acids is 1. The largest absolute Gasteiger partial charge is 0.478 e. The molecular formula is C28H23N5O4. The highest BCUT2D eigenvalue weighted by molar-refractivity contribution is 5.95. The molecule has 5 rings (SSSR count). The van der Waals surface area contributed by atoms with Gasteiger partial charge < -0.3 is 15.2 Å². The number of esters is 1. The highest BCUT2D eigenvalue weighted by Gasteiger charge is 2.17. The molecule has 5 aromatic rings. The van der Waals surface area contributed by atoms with Crippen molar-refractivity contribution in [3.8, 4) is 22.4 Å². The summed E-state index contributed by atoms with van der Waals surface area (Å²) in [4.78, 5) is 32.1. The topological polar surface area (TPSA) is 119 Å². The third-order valence-electron chi connectivity index (χ3n) is 5.79. The number of nitrogens with zero attached hydrogens (tertiary/aromatic N) is 4. The summed E-state index contributed by atoms with van der Waals surface area (Å²) in [5.41, 5.74) is 5.77. The fraction of sp³-hybridized carbons (Fsp3) is 0.107. The van der Waals surface area contributed by atoms with Gasteiger partial charge in [0.05, 0.1) is 34.6 Å². The van der Waals surface area contributed by atoms with Crippen molar-refractivity contribution in [2.75, 3.05) is 11.9 Å². The Morgan fingerprint density at radius 1 is 0.946 bits per heavy atom. The van der Waals surface area contributed by atoms with Crippen molar-refractivity contribution < 1.29 is 19.4 Å². The molecule has 0 aliphatic carbocycles. The summed E-state index contributed by atoms with van der Waals surface area (Å²) in [6.07, 6.45) is 7.86. The first-order valence-corrected chi connectivity index (χ1v) is 11.6. The van der Waals surface area contributed by atoms with Crippen molar-refractivity contribution in [1.29, 1.82) is 0 Å². The number of carboxylic acids is 1. The van der Waals surface area contributed by atoms with E-state index < -0.39 is 11.9 Å². The minimum Gasteiger partial charge on any atom is -0.478 e. The summed E-state index contributed by atoms with van der Waals surface area (Å²) in [6, 6.07) is 17.0. The summed E-state index contributed by atoms with van der Waals surface area (Å²) in [5, 5.41) is 17.6. The van der Waals surface area contributed by atoms with E-state index in [1.165, 1.54) is 12.4 Å². The number of carbonyl (C=O) groups is 2. The van der Waals surface area contributed by atoms with Crippen LogP contribution in [-0.4, -0.2) is 43.2 Å². The molecule has 0 radical (unpaired) electrons. The molecule has 0 saturated heterocycles. The Morgan fingerprint density at radius 2 is 1.68 bits per heavy atom. The lowest BCUT2D eigenvalue weighted by Crippen LogP contribution is -2.06. The molecular weight excluding hydrogens is 470 g/mol. The van der Waals surface area contributed by atoms with Crippen molar-refractivity contribution in [1.82, 2.24) is 19.6 Å². The zero-order chi connectivity index (χ0) is 25.8. The summed E-state index contributed by atoms with van der Waals surface area (Å²) in [7, 11) is 0. The number of fused-ring (bicyclic) bond motifs is 1. The fourth-order valence-electron chi connectivity index (χ4n) is 4.04. The third kappa shape index (κ3) is 5.01. The van der Waals surface area contributed by atoms with Crippen LogP contribution < -0.4 is 5.32 Å². The van der Waals surface area contributed by atoms with Gasteiger partial charge >= 0.3 is 11.9 Å². The summed E-state index contributed by atoms with van der Waals surface area (Å²) in [6.45, 7) is 2.58. The predicted molar refractivity (Wildman–Crippen MR) is 138 cm³/mol. The third-order valence-corrected chi connectivity index (χ3v) is 5.79. The number of anilines is 1. The monoisotopic (exact) mass is 493 g/mol. The van der Waals surface area contributed by atoms with Crippen LogP contribution in [0.4, 0.5) is 5.69 Å². The minimum atomic E-state index is -1.06. The normalized spacial score (nSPS) is 10.8. The van der Waals surface area contributed by atoms with E-state index in [2.05, 4.69) is 15.3 Å². The first kappa shape index (κ1) is 23.7. The number of carboxylic acid groups (broad SMARTS) is 1. The van der Waals surface area contributed by atoms with Crippen LogP contribution in [0.3, 0.4) is 0 Å². The van der Waals surface area contributed by atoms with Crippen molar-refractivity contribution in [2.24, 2.45) is 0 Å². The Morgan fingerprint density at radius 3 is 2.43 bits per heavy atom. The van der Waals surface area contributed by atoms with Gasteiger partial charge in [-0.2, -0.15) is 5.10 Å². The maximum Gasteiger partial charge on any atom is 0.339 e. The van der Waals surface area contributed by atoms with Gasteiger partial charge in [-0.1, -0.05) is 30.3 Å². The lowest BCUT2D eigenvalue weighted by Gasteiger charge is -2.13. The van der Waals surface area contributed by atoms with Gasteiger partial charge in [0.1, 0.15) is 0 Å². The smallest absolute Gasteiger partial charge is 0.339 e. The van der Waals surface area contributed by atoms with E-state index >= 15 is 0 Å². The van der Waals surface area contributed by atoms with E-state index in [0.29, 0.717) is 23.4 Å². The van der Waals surface area contributed by atoms with E-state index in [9.17, 15) is 14.7 Å². The van der Waals surface area contributed by atoms with Crippen LogP contribution in [0.25, 0.3) is 27.9 Å². The van der Waals surface area contributed by atoms with E-state index in [0.717, 1.165) is 27.9 Å². The number of benzene rings is 1. The molecule has 0 unspecified atom stereocenters. The summed E-state index contributed by atoms with van der Waals surface area (Å²) >= 11 is 0. The minimum absolute atomic E-state index is 0.0771. The van der Waals surface area contributed by atoms with Gasteiger partial charge in [0, 0.05) is 54.2 Å². The lowest BCUT2D eigenvalue weighted by molar-refractivity contribution is 0.0525. The molecule has 0 aliphatic heterocycles. The van der Waals surface area contributed by atoms with Gasteiger partial charge in [0.25, 0.3) is 0 Å². The van der Waals surface area contributed by atoms with Gasteiger partial charge in [0.2, 0.25) is 0 Å². The second kappa shape index (κ2) is 10.3. The number of hydrogen-bond donors (Lipinski definition) is 2. The van der Waals surface area contributed by atoms with Crippen LogP contribution in [0.5, 0.6) is 0 Å². The van der Waals surface area contributed by atoms with Gasteiger partial charge in [-0.25, -0.2) is 14.1 Å². The zero-order valence-electron chi connectivity index (χ0n) is 20.0. The van der Waals surface area contributed by atoms with Gasteiger partial charge in [0.15, 0.2) is 0 Å². The number of pyridine rings is 2. The second-order valence-corrected chi connectivity index (χ2v) is 8.26. The average Bonchev–Trinajstić information content (AvgIpc) is 3.37.